The minimum Gasteiger partial charge on any atom is -0.383 e. The Balaban J connectivity index is 1.45. The highest BCUT2D eigenvalue weighted by Gasteiger charge is 2.11. The lowest BCUT2D eigenvalue weighted by Gasteiger charge is -2.12. The van der Waals surface area contributed by atoms with Gasteiger partial charge in [-0.25, -0.2) is 9.97 Å². The summed E-state index contributed by atoms with van der Waals surface area (Å²) in [4.78, 5) is 21.2. The van der Waals surface area contributed by atoms with Crippen LogP contribution in [-0.2, 0) is 23.1 Å². The summed E-state index contributed by atoms with van der Waals surface area (Å²) in [5.41, 5.74) is 4.70. The fourth-order valence-electron chi connectivity index (χ4n) is 3.39. The van der Waals surface area contributed by atoms with E-state index in [-0.39, 0.29) is 18.5 Å². The highest BCUT2D eigenvalue weighted by atomic mass is 16.5. The number of benzene rings is 1. The molecule has 32 heavy (non-hydrogen) atoms. The minimum atomic E-state index is -0.121. The van der Waals surface area contributed by atoms with Crippen molar-refractivity contribution in [1.82, 2.24) is 34.8 Å². The third-order valence-electron chi connectivity index (χ3n) is 4.91. The monoisotopic (exact) mass is 431 g/mol. The van der Waals surface area contributed by atoms with Crippen LogP contribution < -0.4 is 5.32 Å². The maximum absolute atomic E-state index is 12.1. The third-order valence-corrected chi connectivity index (χ3v) is 4.91. The van der Waals surface area contributed by atoms with E-state index in [1.807, 2.05) is 56.8 Å². The van der Waals surface area contributed by atoms with Crippen molar-refractivity contribution >= 4 is 5.91 Å². The van der Waals surface area contributed by atoms with Crippen LogP contribution in [0.5, 0.6) is 0 Å². The van der Waals surface area contributed by atoms with Crippen LogP contribution >= 0.6 is 0 Å². The molecule has 4 aromatic rings. The van der Waals surface area contributed by atoms with Crippen molar-refractivity contribution in [3.05, 3.63) is 61.4 Å². The number of carbonyl (C=O) groups is 1. The van der Waals surface area contributed by atoms with E-state index >= 15 is 0 Å². The molecule has 164 valence electrons. The molecule has 3 aromatic heterocycles. The van der Waals surface area contributed by atoms with Crippen molar-refractivity contribution in [3.63, 3.8) is 0 Å². The molecule has 0 saturated heterocycles. The molecule has 0 aliphatic heterocycles. The summed E-state index contributed by atoms with van der Waals surface area (Å²) >= 11 is 0. The average Bonchev–Trinajstić information content (AvgIpc) is 3.43. The molecular formula is C23H25N7O2. The molecular weight excluding hydrogens is 406 g/mol. The number of nitrogens with one attached hydrogen (secondary N) is 1. The van der Waals surface area contributed by atoms with Crippen LogP contribution in [0.3, 0.4) is 0 Å². The molecule has 0 fully saturated rings. The normalized spacial score (nSPS) is 12.0. The van der Waals surface area contributed by atoms with Crippen molar-refractivity contribution < 1.29 is 9.53 Å². The Hall–Kier alpha value is -3.85. The van der Waals surface area contributed by atoms with Gasteiger partial charge in [0.05, 0.1) is 19.0 Å². The Bertz CT molecular complexity index is 1200. The van der Waals surface area contributed by atoms with Gasteiger partial charge in [0.15, 0.2) is 5.82 Å². The van der Waals surface area contributed by atoms with Gasteiger partial charge in [-0.3, -0.25) is 14.2 Å². The molecule has 1 N–H and O–H groups in total. The summed E-state index contributed by atoms with van der Waals surface area (Å²) in [5, 5.41) is 11.4. The van der Waals surface area contributed by atoms with Gasteiger partial charge < -0.3 is 10.1 Å². The SMILES string of the molecule is COCC(C)NC(=O)Cn1cc(-c2cnc(-c3cccc(-c4cnn(C)c4)c3)nc2)cn1. The number of carbonyl (C=O) groups excluding carboxylic acids is 1. The summed E-state index contributed by atoms with van der Waals surface area (Å²) in [6.45, 7) is 2.49. The van der Waals surface area contributed by atoms with Gasteiger partial charge in [0.25, 0.3) is 0 Å². The van der Waals surface area contributed by atoms with E-state index in [4.69, 9.17) is 4.74 Å². The first-order valence-electron chi connectivity index (χ1n) is 10.2. The molecule has 1 atom stereocenters. The van der Waals surface area contributed by atoms with Crippen molar-refractivity contribution in [2.24, 2.45) is 7.05 Å². The zero-order valence-electron chi connectivity index (χ0n) is 18.3. The van der Waals surface area contributed by atoms with Crippen LogP contribution in [0, 0.1) is 0 Å². The average molecular weight is 432 g/mol. The molecule has 3 heterocycles. The third kappa shape index (κ3) is 5.06. The first kappa shape index (κ1) is 21.4. The Morgan fingerprint density at radius 3 is 2.44 bits per heavy atom. The zero-order valence-corrected chi connectivity index (χ0v) is 18.3. The number of methoxy groups -OCH3 is 1. The zero-order chi connectivity index (χ0) is 22.5. The molecule has 0 spiro atoms. The van der Waals surface area contributed by atoms with Crippen molar-refractivity contribution in [2.75, 3.05) is 13.7 Å². The molecule has 0 bridgehead atoms. The molecule has 1 amide bonds. The molecule has 0 saturated carbocycles. The van der Waals surface area contributed by atoms with Gasteiger partial charge >= 0.3 is 0 Å². The second-order valence-corrected chi connectivity index (χ2v) is 7.63. The predicted molar refractivity (Wildman–Crippen MR) is 120 cm³/mol. The maximum atomic E-state index is 12.1. The summed E-state index contributed by atoms with van der Waals surface area (Å²) in [6.07, 6.45) is 10.8. The first-order chi connectivity index (χ1) is 15.5. The van der Waals surface area contributed by atoms with Crippen LogP contribution in [0.4, 0.5) is 0 Å². The van der Waals surface area contributed by atoms with Gasteiger partial charge in [-0.05, 0) is 18.6 Å². The van der Waals surface area contributed by atoms with E-state index < -0.39 is 0 Å². The molecule has 0 radical (unpaired) electrons. The molecule has 0 aliphatic carbocycles. The fourth-order valence-corrected chi connectivity index (χ4v) is 3.39. The van der Waals surface area contributed by atoms with E-state index in [1.54, 1.807) is 35.1 Å². The molecule has 9 heteroatoms. The van der Waals surface area contributed by atoms with E-state index in [2.05, 4.69) is 25.5 Å². The number of nitrogens with zero attached hydrogens (tertiary/aromatic N) is 6. The van der Waals surface area contributed by atoms with Gasteiger partial charge in [0, 0.05) is 67.2 Å². The van der Waals surface area contributed by atoms with E-state index in [0.29, 0.717) is 12.4 Å². The van der Waals surface area contributed by atoms with Crippen LogP contribution in [0.15, 0.2) is 61.4 Å². The van der Waals surface area contributed by atoms with Crippen LogP contribution in [0.25, 0.3) is 33.6 Å². The van der Waals surface area contributed by atoms with Crippen LogP contribution in [-0.4, -0.2) is 55.2 Å². The largest absolute Gasteiger partial charge is 0.383 e. The summed E-state index contributed by atoms with van der Waals surface area (Å²) in [5.74, 6) is 0.516. The van der Waals surface area contributed by atoms with Crippen molar-refractivity contribution in [2.45, 2.75) is 19.5 Å². The summed E-state index contributed by atoms with van der Waals surface area (Å²) < 4.78 is 8.40. The molecule has 0 aliphatic rings. The number of ether oxygens (including phenoxy) is 1. The van der Waals surface area contributed by atoms with Crippen LogP contribution in [0.1, 0.15) is 6.92 Å². The Morgan fingerprint density at radius 2 is 1.72 bits per heavy atom. The fraction of sp³-hybridized carbons (Fsp3) is 0.261. The second-order valence-electron chi connectivity index (χ2n) is 7.63. The first-order valence-corrected chi connectivity index (χ1v) is 10.2. The Morgan fingerprint density at radius 1 is 1.00 bits per heavy atom. The highest BCUT2D eigenvalue weighted by molar-refractivity contribution is 5.76. The predicted octanol–water partition coefficient (Wildman–Crippen LogP) is 2.56. The quantitative estimate of drug-likeness (QED) is 0.460. The number of aromatic nitrogens is 6. The van der Waals surface area contributed by atoms with E-state index in [0.717, 1.165) is 27.8 Å². The number of rotatable bonds is 8. The summed E-state index contributed by atoms with van der Waals surface area (Å²) in [6, 6.07) is 8.00. The van der Waals surface area contributed by atoms with Gasteiger partial charge in [-0.2, -0.15) is 10.2 Å². The Kier molecular flexibility index (Phi) is 6.37. The lowest BCUT2D eigenvalue weighted by molar-refractivity contribution is -0.122. The van der Waals surface area contributed by atoms with Crippen molar-refractivity contribution in [1.29, 1.82) is 0 Å². The van der Waals surface area contributed by atoms with E-state index in [1.165, 1.54) is 0 Å². The smallest absolute Gasteiger partial charge is 0.242 e. The second kappa shape index (κ2) is 9.52. The topological polar surface area (TPSA) is 99.8 Å². The number of aryl methyl sites for hydroxylation is 1. The molecule has 1 aromatic carbocycles. The lowest BCUT2D eigenvalue weighted by Crippen LogP contribution is -2.37. The minimum absolute atomic E-state index is 0.0554. The number of amides is 1. The molecule has 1 unspecified atom stereocenters. The van der Waals surface area contributed by atoms with Gasteiger partial charge in [-0.1, -0.05) is 18.2 Å². The van der Waals surface area contributed by atoms with Crippen molar-refractivity contribution in [3.8, 4) is 33.6 Å². The molecule has 4 rings (SSSR count). The van der Waals surface area contributed by atoms with Gasteiger partial charge in [-0.15, -0.1) is 0 Å². The maximum Gasteiger partial charge on any atom is 0.242 e. The van der Waals surface area contributed by atoms with Gasteiger partial charge in [0.2, 0.25) is 5.91 Å². The molecule has 9 nitrogen and oxygen atoms in total. The standard InChI is InChI=1S/C23H25N7O2/c1-16(15-32-3)28-22(31)14-30-13-21(11-27-30)19-8-24-23(25-9-19)18-6-4-5-17(7-18)20-10-26-29(2)12-20/h4-13,16H,14-15H2,1-3H3,(H,28,31). The highest BCUT2D eigenvalue weighted by Crippen LogP contribution is 2.25. The van der Waals surface area contributed by atoms with Gasteiger partial charge in [0.1, 0.15) is 6.54 Å². The summed E-state index contributed by atoms with van der Waals surface area (Å²) in [7, 11) is 3.50. The number of hydrogen-bond donors (Lipinski definition) is 1. The van der Waals surface area contributed by atoms with E-state index in [9.17, 15) is 4.79 Å². The van der Waals surface area contributed by atoms with Crippen LogP contribution in [0.2, 0.25) is 0 Å². The number of hydrogen-bond acceptors (Lipinski definition) is 6. The Labute approximate surface area is 186 Å². The lowest BCUT2D eigenvalue weighted by atomic mass is 10.1.